The second-order valence-corrected chi connectivity index (χ2v) is 8.01. The van der Waals surface area contributed by atoms with Gasteiger partial charge in [0.15, 0.2) is 18.1 Å². The zero-order chi connectivity index (χ0) is 26.2. The van der Waals surface area contributed by atoms with E-state index in [9.17, 15) is 9.59 Å². The van der Waals surface area contributed by atoms with E-state index in [2.05, 4.69) is 10.5 Å². The summed E-state index contributed by atoms with van der Waals surface area (Å²) in [7, 11) is 3.01. The number of amides is 1. The molecule has 0 unspecified atom stereocenters. The van der Waals surface area contributed by atoms with Crippen molar-refractivity contribution in [3.8, 4) is 23.0 Å². The maximum absolute atomic E-state index is 13.0. The van der Waals surface area contributed by atoms with Gasteiger partial charge in [0.1, 0.15) is 11.5 Å². The average molecular weight is 499 g/mol. The van der Waals surface area contributed by atoms with Crippen LogP contribution in [0.1, 0.15) is 21.5 Å². The number of ether oxygens (including phenoxy) is 4. The molecule has 0 atom stereocenters. The van der Waals surface area contributed by atoms with E-state index in [1.807, 2.05) is 55.5 Å². The highest BCUT2D eigenvalue weighted by molar-refractivity contribution is 6.04. The van der Waals surface area contributed by atoms with Crippen molar-refractivity contribution in [1.29, 1.82) is 0 Å². The van der Waals surface area contributed by atoms with Gasteiger partial charge in [-0.25, -0.2) is 10.2 Å². The lowest BCUT2D eigenvalue weighted by molar-refractivity contribution is -0.123. The van der Waals surface area contributed by atoms with E-state index in [1.54, 1.807) is 30.3 Å². The number of nitrogens with one attached hydrogen (secondary N) is 1. The number of esters is 1. The fraction of sp³-hybridized carbons (Fsp3) is 0.138. The molecule has 8 nitrogen and oxygen atoms in total. The number of methoxy groups -OCH3 is 2. The highest BCUT2D eigenvalue weighted by Gasteiger charge is 2.16. The Bertz CT molecular complexity index is 1460. The minimum absolute atomic E-state index is 0.196. The third kappa shape index (κ3) is 6.05. The molecule has 4 rings (SSSR count). The number of fused-ring (bicyclic) bond motifs is 1. The van der Waals surface area contributed by atoms with Gasteiger partial charge in [0.25, 0.3) is 5.91 Å². The summed E-state index contributed by atoms with van der Waals surface area (Å²) in [5.74, 6) is 0.811. The van der Waals surface area contributed by atoms with Crippen LogP contribution in [-0.2, 0) is 4.79 Å². The van der Waals surface area contributed by atoms with Crippen LogP contribution in [0.4, 0.5) is 0 Å². The highest BCUT2D eigenvalue weighted by Crippen LogP contribution is 2.30. The van der Waals surface area contributed by atoms with E-state index >= 15 is 0 Å². The summed E-state index contributed by atoms with van der Waals surface area (Å²) in [6.45, 7) is 1.70. The van der Waals surface area contributed by atoms with Crippen LogP contribution in [0.25, 0.3) is 10.8 Å². The molecule has 0 fully saturated rings. The Labute approximate surface area is 214 Å². The van der Waals surface area contributed by atoms with Crippen LogP contribution in [-0.4, -0.2) is 38.9 Å². The Kier molecular flexibility index (Phi) is 8.00. The number of hydrogen-bond acceptors (Lipinski definition) is 7. The lowest BCUT2D eigenvalue weighted by Crippen LogP contribution is -2.24. The van der Waals surface area contributed by atoms with Crippen LogP contribution in [0.5, 0.6) is 23.0 Å². The SMILES string of the molecule is COc1ccc(C(=O)Oc2ccc3ccccc3c2/C=N\NC(=O)COc2ccccc2C)cc1OC. The maximum atomic E-state index is 13.0. The molecule has 0 bridgehead atoms. The summed E-state index contributed by atoms with van der Waals surface area (Å²) in [6, 6.07) is 23.3. The molecule has 0 aliphatic heterocycles. The zero-order valence-electron chi connectivity index (χ0n) is 20.7. The van der Waals surface area contributed by atoms with Crippen molar-refractivity contribution >= 4 is 28.9 Å². The van der Waals surface area contributed by atoms with Crippen molar-refractivity contribution in [3.63, 3.8) is 0 Å². The van der Waals surface area contributed by atoms with E-state index in [0.29, 0.717) is 22.8 Å². The summed E-state index contributed by atoms with van der Waals surface area (Å²) in [5, 5.41) is 5.81. The van der Waals surface area contributed by atoms with Gasteiger partial charge in [0.2, 0.25) is 0 Å². The van der Waals surface area contributed by atoms with Gasteiger partial charge in [-0.2, -0.15) is 5.10 Å². The zero-order valence-corrected chi connectivity index (χ0v) is 20.7. The van der Waals surface area contributed by atoms with Crippen LogP contribution < -0.4 is 24.4 Å². The van der Waals surface area contributed by atoms with Gasteiger partial charge in [-0.15, -0.1) is 0 Å². The smallest absolute Gasteiger partial charge is 0.343 e. The molecular formula is C29H26N2O6. The predicted octanol–water partition coefficient (Wildman–Crippen LogP) is 4.91. The fourth-order valence-electron chi connectivity index (χ4n) is 3.68. The van der Waals surface area contributed by atoms with Gasteiger partial charge in [-0.05, 0) is 53.6 Å². The summed E-state index contributed by atoms with van der Waals surface area (Å²) in [4.78, 5) is 25.2. The largest absolute Gasteiger partial charge is 0.493 e. The third-order valence-corrected chi connectivity index (χ3v) is 5.59. The quantitative estimate of drug-likeness (QED) is 0.152. The maximum Gasteiger partial charge on any atom is 0.343 e. The monoisotopic (exact) mass is 498 g/mol. The molecule has 0 saturated heterocycles. The average Bonchev–Trinajstić information content (AvgIpc) is 2.93. The second kappa shape index (κ2) is 11.7. The molecule has 0 radical (unpaired) electrons. The Balaban J connectivity index is 1.53. The standard InChI is InChI=1S/C29H26N2O6/c1-19-8-4-7-11-24(19)36-18-28(32)31-30-17-23-22-10-6-5-9-20(22)12-14-25(23)37-29(33)21-13-15-26(34-2)27(16-21)35-3/h4-17H,18H2,1-3H3,(H,31,32)/b30-17-. The number of para-hydroxylation sites is 1. The topological polar surface area (TPSA) is 95.5 Å². The van der Waals surface area contributed by atoms with E-state index in [1.165, 1.54) is 20.4 Å². The first-order valence-corrected chi connectivity index (χ1v) is 11.5. The van der Waals surface area contributed by atoms with Gasteiger partial charge >= 0.3 is 5.97 Å². The molecule has 8 heteroatoms. The van der Waals surface area contributed by atoms with Crippen molar-refractivity contribution in [1.82, 2.24) is 5.43 Å². The first-order chi connectivity index (χ1) is 18.0. The number of carbonyl (C=O) groups is 2. The van der Waals surface area contributed by atoms with Crippen LogP contribution >= 0.6 is 0 Å². The van der Waals surface area contributed by atoms with Gasteiger partial charge in [-0.3, -0.25) is 4.79 Å². The first kappa shape index (κ1) is 25.2. The van der Waals surface area contributed by atoms with Gasteiger partial charge < -0.3 is 18.9 Å². The molecule has 0 aliphatic carbocycles. The minimum atomic E-state index is -0.582. The Morgan fingerprint density at radius 2 is 1.57 bits per heavy atom. The normalized spacial score (nSPS) is 10.8. The number of hydrazone groups is 1. The molecule has 4 aromatic rings. The molecule has 0 aliphatic rings. The Morgan fingerprint density at radius 3 is 2.35 bits per heavy atom. The lowest BCUT2D eigenvalue weighted by atomic mass is 10.0. The number of benzene rings is 4. The van der Waals surface area contributed by atoms with Crippen LogP contribution in [0.2, 0.25) is 0 Å². The third-order valence-electron chi connectivity index (χ3n) is 5.59. The molecule has 188 valence electrons. The predicted molar refractivity (Wildman–Crippen MR) is 141 cm³/mol. The van der Waals surface area contributed by atoms with E-state index < -0.39 is 11.9 Å². The minimum Gasteiger partial charge on any atom is -0.493 e. The fourth-order valence-corrected chi connectivity index (χ4v) is 3.68. The van der Waals surface area contributed by atoms with Crippen molar-refractivity contribution in [2.24, 2.45) is 5.10 Å². The Morgan fingerprint density at radius 1 is 0.838 bits per heavy atom. The van der Waals surface area contributed by atoms with E-state index in [0.717, 1.165) is 16.3 Å². The summed E-state index contributed by atoms with van der Waals surface area (Å²) < 4.78 is 21.8. The molecule has 1 N–H and O–H groups in total. The number of rotatable bonds is 9. The molecule has 1 amide bonds. The summed E-state index contributed by atoms with van der Waals surface area (Å²) >= 11 is 0. The first-order valence-electron chi connectivity index (χ1n) is 11.5. The number of hydrogen-bond donors (Lipinski definition) is 1. The number of carbonyl (C=O) groups excluding carboxylic acids is 2. The molecule has 4 aromatic carbocycles. The summed E-state index contributed by atoms with van der Waals surface area (Å²) in [6.07, 6.45) is 1.45. The van der Waals surface area contributed by atoms with Crippen molar-refractivity contribution in [3.05, 3.63) is 95.6 Å². The van der Waals surface area contributed by atoms with Crippen molar-refractivity contribution in [2.45, 2.75) is 6.92 Å². The van der Waals surface area contributed by atoms with Gasteiger partial charge in [-0.1, -0.05) is 48.5 Å². The Hall–Kier alpha value is -4.85. The summed E-state index contributed by atoms with van der Waals surface area (Å²) in [5.41, 5.74) is 4.21. The number of nitrogens with zero attached hydrogens (tertiary/aromatic N) is 1. The molecule has 0 heterocycles. The number of aryl methyl sites for hydroxylation is 1. The van der Waals surface area contributed by atoms with Crippen molar-refractivity contribution < 1.29 is 28.5 Å². The van der Waals surface area contributed by atoms with E-state index in [-0.39, 0.29) is 17.9 Å². The van der Waals surface area contributed by atoms with Crippen LogP contribution in [0, 0.1) is 6.92 Å². The highest BCUT2D eigenvalue weighted by atomic mass is 16.5. The molecule has 0 saturated carbocycles. The molecule has 0 spiro atoms. The van der Waals surface area contributed by atoms with Crippen molar-refractivity contribution in [2.75, 3.05) is 20.8 Å². The second-order valence-electron chi connectivity index (χ2n) is 8.01. The van der Waals surface area contributed by atoms with Crippen LogP contribution in [0.15, 0.2) is 84.0 Å². The van der Waals surface area contributed by atoms with Crippen LogP contribution in [0.3, 0.4) is 0 Å². The molecule has 37 heavy (non-hydrogen) atoms. The van der Waals surface area contributed by atoms with Gasteiger partial charge in [0.05, 0.1) is 26.0 Å². The lowest BCUT2D eigenvalue weighted by Gasteiger charge is -2.12. The molecule has 0 aromatic heterocycles. The van der Waals surface area contributed by atoms with Gasteiger partial charge in [0, 0.05) is 5.56 Å². The van der Waals surface area contributed by atoms with E-state index in [4.69, 9.17) is 18.9 Å². The molecular weight excluding hydrogens is 472 g/mol.